The summed E-state index contributed by atoms with van der Waals surface area (Å²) in [5.41, 5.74) is 0. The lowest BCUT2D eigenvalue weighted by Crippen LogP contribution is -2.28. The molecule has 0 aromatic heterocycles. The Labute approximate surface area is 67.5 Å². The van der Waals surface area contributed by atoms with Crippen molar-refractivity contribution in [2.24, 2.45) is 5.92 Å². The maximum absolute atomic E-state index is 11.0. The first kappa shape index (κ1) is 8.53. The molecule has 0 spiro atoms. The van der Waals surface area contributed by atoms with Crippen molar-refractivity contribution in [1.29, 1.82) is 0 Å². The van der Waals surface area contributed by atoms with Gasteiger partial charge in [-0.05, 0) is 19.4 Å². The van der Waals surface area contributed by atoms with E-state index in [9.17, 15) is 4.79 Å². The van der Waals surface area contributed by atoms with Gasteiger partial charge in [-0.2, -0.15) is 0 Å². The second kappa shape index (κ2) is 3.72. The number of hydrogen-bond donors (Lipinski definition) is 2. The van der Waals surface area contributed by atoms with Crippen LogP contribution in [0.5, 0.6) is 0 Å². The molecule has 3 heteroatoms. The molecule has 1 rings (SSSR count). The Morgan fingerprint density at radius 3 is 2.73 bits per heavy atom. The molecule has 0 aliphatic heterocycles. The fourth-order valence-corrected chi connectivity index (χ4v) is 1.04. The highest BCUT2D eigenvalue weighted by Crippen LogP contribution is 2.28. The molecule has 64 valence electrons. The van der Waals surface area contributed by atoms with Crippen LogP contribution in [-0.2, 0) is 4.79 Å². The number of carbonyl (C=O) groups excluding carboxylic acids is 1. The number of nitrogens with one attached hydrogen (secondary N) is 2. The van der Waals surface area contributed by atoms with E-state index in [0.29, 0.717) is 18.4 Å². The molecule has 0 saturated heterocycles. The Hall–Kier alpha value is -0.570. The minimum absolute atomic E-state index is 0.175. The van der Waals surface area contributed by atoms with E-state index in [4.69, 9.17) is 0 Å². The Morgan fingerprint density at radius 2 is 2.27 bits per heavy atom. The average molecular weight is 156 g/mol. The van der Waals surface area contributed by atoms with Crippen molar-refractivity contribution in [2.75, 3.05) is 13.6 Å². The molecule has 11 heavy (non-hydrogen) atoms. The molecular formula is C8H16N2O. The van der Waals surface area contributed by atoms with Crippen LogP contribution >= 0.6 is 0 Å². The summed E-state index contributed by atoms with van der Waals surface area (Å²) in [6, 6.07) is 0.472. The molecule has 1 aliphatic rings. The highest BCUT2D eigenvalue weighted by atomic mass is 16.1. The molecule has 0 bridgehead atoms. The molecular weight excluding hydrogens is 140 g/mol. The van der Waals surface area contributed by atoms with Gasteiger partial charge in [-0.3, -0.25) is 4.79 Å². The number of amides is 1. The lowest BCUT2D eigenvalue weighted by atomic mass is 10.4. The minimum Gasteiger partial charge on any atom is -0.353 e. The van der Waals surface area contributed by atoms with Gasteiger partial charge in [0.15, 0.2) is 0 Å². The van der Waals surface area contributed by atoms with Crippen molar-refractivity contribution in [2.45, 2.75) is 25.8 Å². The monoisotopic (exact) mass is 156 g/mol. The van der Waals surface area contributed by atoms with Crippen molar-refractivity contribution < 1.29 is 4.79 Å². The summed E-state index contributed by atoms with van der Waals surface area (Å²) in [7, 11) is 1.85. The summed E-state index contributed by atoms with van der Waals surface area (Å²) in [5.74, 6) is 0.877. The van der Waals surface area contributed by atoms with Gasteiger partial charge in [0.2, 0.25) is 5.91 Å². The van der Waals surface area contributed by atoms with E-state index < -0.39 is 0 Å². The number of hydrogen-bond acceptors (Lipinski definition) is 2. The van der Waals surface area contributed by atoms with Crippen molar-refractivity contribution in [3.63, 3.8) is 0 Å². The van der Waals surface area contributed by atoms with Crippen molar-refractivity contribution >= 4 is 5.91 Å². The van der Waals surface area contributed by atoms with Crippen molar-refractivity contribution in [1.82, 2.24) is 10.6 Å². The zero-order valence-corrected chi connectivity index (χ0v) is 7.18. The largest absolute Gasteiger partial charge is 0.353 e. The molecule has 1 amide bonds. The number of carbonyl (C=O) groups is 1. The molecule has 0 radical (unpaired) electrons. The second-order valence-electron chi connectivity index (χ2n) is 3.24. The van der Waals surface area contributed by atoms with Crippen LogP contribution < -0.4 is 10.6 Å². The predicted molar refractivity (Wildman–Crippen MR) is 44.3 cm³/mol. The maximum Gasteiger partial charge on any atom is 0.221 e. The lowest BCUT2D eigenvalue weighted by molar-refractivity contribution is -0.121. The van der Waals surface area contributed by atoms with Crippen LogP contribution in [0.25, 0.3) is 0 Å². The quantitative estimate of drug-likeness (QED) is 0.607. The summed E-state index contributed by atoms with van der Waals surface area (Å²) in [5, 5.41) is 5.90. The van der Waals surface area contributed by atoms with Crippen LogP contribution in [0, 0.1) is 5.92 Å². The topological polar surface area (TPSA) is 41.1 Å². The Kier molecular flexibility index (Phi) is 2.88. The second-order valence-corrected chi connectivity index (χ2v) is 3.24. The van der Waals surface area contributed by atoms with Crippen LogP contribution in [0.4, 0.5) is 0 Å². The molecule has 2 unspecified atom stereocenters. The van der Waals surface area contributed by atoms with E-state index >= 15 is 0 Å². The van der Waals surface area contributed by atoms with Crippen LogP contribution in [0.15, 0.2) is 0 Å². The summed E-state index contributed by atoms with van der Waals surface area (Å²) < 4.78 is 0. The van der Waals surface area contributed by atoms with Gasteiger partial charge in [0.1, 0.15) is 0 Å². The Bertz CT molecular complexity index is 147. The molecule has 0 aromatic rings. The zero-order valence-electron chi connectivity index (χ0n) is 7.18. The normalized spacial score (nSPS) is 28.2. The summed E-state index contributed by atoms with van der Waals surface area (Å²) in [6.07, 6.45) is 1.75. The van der Waals surface area contributed by atoms with Gasteiger partial charge in [0.25, 0.3) is 0 Å². The van der Waals surface area contributed by atoms with Gasteiger partial charge in [-0.25, -0.2) is 0 Å². The van der Waals surface area contributed by atoms with Gasteiger partial charge < -0.3 is 10.6 Å². The third-order valence-electron chi connectivity index (χ3n) is 2.06. The molecule has 0 aromatic carbocycles. The average Bonchev–Trinajstić information content (AvgIpc) is 2.62. The minimum atomic E-state index is 0.175. The molecule has 3 nitrogen and oxygen atoms in total. The number of rotatable bonds is 4. The summed E-state index contributed by atoms with van der Waals surface area (Å²) in [6.45, 7) is 2.93. The Balaban J connectivity index is 2.02. The first-order valence-corrected chi connectivity index (χ1v) is 4.18. The zero-order chi connectivity index (χ0) is 8.27. The maximum atomic E-state index is 11.0. The van der Waals surface area contributed by atoms with Crippen LogP contribution in [0.2, 0.25) is 0 Å². The predicted octanol–water partition coefficient (Wildman–Crippen LogP) is 0.120. The van der Waals surface area contributed by atoms with E-state index in [1.807, 2.05) is 7.05 Å². The summed E-state index contributed by atoms with van der Waals surface area (Å²) in [4.78, 5) is 11.0. The van der Waals surface area contributed by atoms with E-state index in [2.05, 4.69) is 17.6 Å². The highest BCUT2D eigenvalue weighted by molar-refractivity contribution is 5.76. The van der Waals surface area contributed by atoms with Gasteiger partial charge in [0.05, 0.1) is 0 Å². The Morgan fingerprint density at radius 1 is 1.64 bits per heavy atom. The van der Waals surface area contributed by atoms with Gasteiger partial charge in [0, 0.05) is 19.0 Å². The van der Waals surface area contributed by atoms with Gasteiger partial charge in [-0.15, -0.1) is 0 Å². The van der Waals surface area contributed by atoms with E-state index in [0.717, 1.165) is 13.0 Å². The van der Waals surface area contributed by atoms with E-state index in [-0.39, 0.29) is 5.91 Å². The SMILES string of the molecule is CNCCC(=O)NC1CC1C. The third kappa shape index (κ3) is 2.89. The van der Waals surface area contributed by atoms with Crippen LogP contribution in [-0.4, -0.2) is 25.5 Å². The van der Waals surface area contributed by atoms with Crippen LogP contribution in [0.3, 0.4) is 0 Å². The van der Waals surface area contributed by atoms with Crippen molar-refractivity contribution in [3.8, 4) is 0 Å². The van der Waals surface area contributed by atoms with Crippen LogP contribution in [0.1, 0.15) is 19.8 Å². The van der Waals surface area contributed by atoms with Crippen molar-refractivity contribution in [3.05, 3.63) is 0 Å². The van der Waals surface area contributed by atoms with Gasteiger partial charge >= 0.3 is 0 Å². The molecule has 1 saturated carbocycles. The van der Waals surface area contributed by atoms with E-state index in [1.165, 1.54) is 0 Å². The first-order valence-electron chi connectivity index (χ1n) is 4.18. The smallest absolute Gasteiger partial charge is 0.221 e. The molecule has 2 N–H and O–H groups in total. The molecule has 1 aliphatic carbocycles. The standard InChI is InChI=1S/C8H16N2O/c1-6-5-7(6)10-8(11)3-4-9-2/h6-7,9H,3-5H2,1-2H3,(H,10,11). The fourth-order valence-electron chi connectivity index (χ4n) is 1.04. The van der Waals surface area contributed by atoms with Gasteiger partial charge in [-0.1, -0.05) is 6.92 Å². The molecule has 2 atom stereocenters. The van der Waals surface area contributed by atoms with E-state index in [1.54, 1.807) is 0 Å². The fraction of sp³-hybridized carbons (Fsp3) is 0.875. The molecule has 1 fully saturated rings. The highest BCUT2D eigenvalue weighted by Gasteiger charge is 2.33. The first-order chi connectivity index (χ1) is 5.24. The third-order valence-corrected chi connectivity index (χ3v) is 2.06. The summed E-state index contributed by atoms with van der Waals surface area (Å²) >= 11 is 0. The molecule has 0 heterocycles. The lowest BCUT2D eigenvalue weighted by Gasteiger charge is -2.02.